The number of hydrogen-bond donors (Lipinski definition) is 1. The first-order valence-corrected chi connectivity index (χ1v) is 7.87. The SMILES string of the molecule is CC(C)(C)c1cc(C(=O)N2CCNCC2)c2ccccc2n1. The van der Waals surface area contributed by atoms with Gasteiger partial charge in [0.15, 0.2) is 0 Å². The number of pyridine rings is 1. The van der Waals surface area contributed by atoms with Crippen molar-refractivity contribution < 1.29 is 4.79 Å². The van der Waals surface area contributed by atoms with Gasteiger partial charge in [0.05, 0.1) is 11.1 Å². The molecular formula is C18H23N3O. The normalized spacial score (nSPS) is 16.0. The molecule has 0 unspecified atom stereocenters. The van der Waals surface area contributed by atoms with Crippen LogP contribution < -0.4 is 5.32 Å². The second-order valence-electron chi connectivity index (χ2n) is 6.86. The lowest BCUT2D eigenvalue weighted by Crippen LogP contribution is -2.46. The molecule has 2 aromatic rings. The Morgan fingerprint density at radius 2 is 1.86 bits per heavy atom. The van der Waals surface area contributed by atoms with E-state index in [1.807, 2.05) is 35.2 Å². The molecule has 0 atom stereocenters. The number of nitrogens with one attached hydrogen (secondary N) is 1. The number of hydrogen-bond acceptors (Lipinski definition) is 3. The maximum atomic E-state index is 13.0. The molecule has 0 radical (unpaired) electrons. The van der Waals surface area contributed by atoms with E-state index in [0.29, 0.717) is 0 Å². The van der Waals surface area contributed by atoms with E-state index in [9.17, 15) is 4.79 Å². The quantitative estimate of drug-likeness (QED) is 0.880. The summed E-state index contributed by atoms with van der Waals surface area (Å²) in [6, 6.07) is 9.90. The van der Waals surface area contributed by atoms with Crippen molar-refractivity contribution in [1.82, 2.24) is 15.2 Å². The second kappa shape index (κ2) is 5.69. The fraction of sp³-hybridized carbons (Fsp3) is 0.444. The number of carbonyl (C=O) groups is 1. The lowest BCUT2D eigenvalue weighted by molar-refractivity contribution is 0.0737. The minimum absolute atomic E-state index is 0.0808. The van der Waals surface area contributed by atoms with Crippen molar-refractivity contribution in [2.24, 2.45) is 0 Å². The zero-order valence-electron chi connectivity index (χ0n) is 13.5. The van der Waals surface area contributed by atoms with Gasteiger partial charge in [0.1, 0.15) is 0 Å². The minimum atomic E-state index is -0.0808. The van der Waals surface area contributed by atoms with Crippen molar-refractivity contribution in [2.75, 3.05) is 26.2 Å². The topological polar surface area (TPSA) is 45.2 Å². The van der Waals surface area contributed by atoms with Gasteiger partial charge >= 0.3 is 0 Å². The lowest BCUT2D eigenvalue weighted by Gasteiger charge is -2.28. The van der Waals surface area contributed by atoms with Gasteiger partial charge in [0.25, 0.3) is 5.91 Å². The van der Waals surface area contributed by atoms with Gasteiger partial charge in [0, 0.05) is 42.7 Å². The molecule has 0 aliphatic carbocycles. The first-order valence-electron chi connectivity index (χ1n) is 7.87. The van der Waals surface area contributed by atoms with Crippen LogP contribution in [0.5, 0.6) is 0 Å². The van der Waals surface area contributed by atoms with E-state index in [0.717, 1.165) is 48.3 Å². The lowest BCUT2D eigenvalue weighted by atomic mass is 9.89. The minimum Gasteiger partial charge on any atom is -0.336 e. The highest BCUT2D eigenvalue weighted by molar-refractivity contribution is 6.06. The molecule has 116 valence electrons. The third-order valence-electron chi connectivity index (χ3n) is 4.12. The van der Waals surface area contributed by atoms with Crippen molar-refractivity contribution in [1.29, 1.82) is 0 Å². The van der Waals surface area contributed by atoms with E-state index in [2.05, 4.69) is 26.1 Å². The summed E-state index contributed by atoms with van der Waals surface area (Å²) in [6.45, 7) is 9.64. The molecule has 1 aliphatic heterocycles. The summed E-state index contributed by atoms with van der Waals surface area (Å²) in [6.07, 6.45) is 0. The van der Waals surface area contributed by atoms with Crippen molar-refractivity contribution >= 4 is 16.8 Å². The Bertz CT molecular complexity index is 697. The van der Waals surface area contributed by atoms with Gasteiger partial charge in [-0.15, -0.1) is 0 Å². The third kappa shape index (κ3) is 2.83. The van der Waals surface area contributed by atoms with Crippen molar-refractivity contribution in [3.8, 4) is 0 Å². The number of nitrogens with zero attached hydrogens (tertiary/aromatic N) is 2. The zero-order chi connectivity index (χ0) is 15.7. The van der Waals surface area contributed by atoms with Crippen LogP contribution in [-0.4, -0.2) is 42.0 Å². The molecule has 0 saturated carbocycles. The van der Waals surface area contributed by atoms with Crippen LogP contribution in [-0.2, 0) is 5.41 Å². The molecule has 1 fully saturated rings. The highest BCUT2D eigenvalue weighted by Crippen LogP contribution is 2.27. The molecule has 4 heteroatoms. The Labute approximate surface area is 131 Å². The van der Waals surface area contributed by atoms with Crippen LogP contribution >= 0.6 is 0 Å². The van der Waals surface area contributed by atoms with E-state index in [4.69, 9.17) is 4.98 Å². The molecule has 1 saturated heterocycles. The van der Waals surface area contributed by atoms with Crippen LogP contribution in [0.25, 0.3) is 10.9 Å². The monoisotopic (exact) mass is 297 g/mol. The number of fused-ring (bicyclic) bond motifs is 1. The average Bonchev–Trinajstić information content (AvgIpc) is 2.53. The molecular weight excluding hydrogens is 274 g/mol. The van der Waals surface area contributed by atoms with Crippen LogP contribution in [0.15, 0.2) is 30.3 Å². The van der Waals surface area contributed by atoms with Crippen LogP contribution in [0.4, 0.5) is 0 Å². The van der Waals surface area contributed by atoms with Crippen LogP contribution in [0.3, 0.4) is 0 Å². The van der Waals surface area contributed by atoms with Gasteiger partial charge < -0.3 is 10.2 Å². The molecule has 0 spiro atoms. The number of aromatic nitrogens is 1. The van der Waals surface area contributed by atoms with Crippen molar-refractivity contribution in [3.63, 3.8) is 0 Å². The molecule has 1 N–H and O–H groups in total. The molecule has 0 bridgehead atoms. The summed E-state index contributed by atoms with van der Waals surface area (Å²) < 4.78 is 0. The van der Waals surface area contributed by atoms with Gasteiger partial charge in [-0.3, -0.25) is 9.78 Å². The van der Waals surface area contributed by atoms with Gasteiger partial charge in [-0.05, 0) is 12.1 Å². The van der Waals surface area contributed by atoms with Gasteiger partial charge in [-0.25, -0.2) is 0 Å². The van der Waals surface area contributed by atoms with Crippen molar-refractivity contribution in [2.45, 2.75) is 26.2 Å². The van der Waals surface area contributed by atoms with Crippen LogP contribution in [0.2, 0.25) is 0 Å². The van der Waals surface area contributed by atoms with Gasteiger partial charge in [-0.2, -0.15) is 0 Å². The smallest absolute Gasteiger partial charge is 0.254 e. The first kappa shape index (κ1) is 15.0. The first-order chi connectivity index (χ1) is 10.5. The molecule has 1 amide bonds. The fourth-order valence-corrected chi connectivity index (χ4v) is 2.77. The van der Waals surface area contributed by atoms with Gasteiger partial charge in [0.2, 0.25) is 0 Å². The van der Waals surface area contributed by atoms with E-state index >= 15 is 0 Å². The van der Waals surface area contributed by atoms with E-state index in [1.54, 1.807) is 0 Å². The van der Waals surface area contributed by atoms with Gasteiger partial charge in [-0.1, -0.05) is 39.0 Å². The molecule has 1 aromatic carbocycles. The Kier molecular flexibility index (Phi) is 3.87. The Hall–Kier alpha value is -1.94. The maximum absolute atomic E-state index is 13.0. The number of benzene rings is 1. The van der Waals surface area contributed by atoms with Crippen molar-refractivity contribution in [3.05, 3.63) is 41.6 Å². The zero-order valence-corrected chi connectivity index (χ0v) is 13.5. The van der Waals surface area contributed by atoms with E-state index < -0.39 is 0 Å². The standard InChI is InChI=1S/C18H23N3O/c1-18(2,3)16-12-14(13-6-4-5-7-15(13)20-16)17(22)21-10-8-19-9-11-21/h4-7,12,19H,8-11H2,1-3H3. The number of para-hydroxylation sites is 1. The Morgan fingerprint density at radius 1 is 1.18 bits per heavy atom. The summed E-state index contributed by atoms with van der Waals surface area (Å²) in [7, 11) is 0. The van der Waals surface area contributed by atoms with E-state index in [-0.39, 0.29) is 11.3 Å². The molecule has 1 aliphatic rings. The number of piperazine rings is 1. The largest absolute Gasteiger partial charge is 0.336 e. The molecule has 22 heavy (non-hydrogen) atoms. The summed E-state index contributed by atoms with van der Waals surface area (Å²) in [4.78, 5) is 19.7. The summed E-state index contributed by atoms with van der Waals surface area (Å²) in [5.74, 6) is 0.116. The highest BCUT2D eigenvalue weighted by atomic mass is 16.2. The molecule has 3 rings (SSSR count). The van der Waals surface area contributed by atoms with Crippen LogP contribution in [0.1, 0.15) is 36.8 Å². The van der Waals surface area contributed by atoms with Crippen LogP contribution in [0, 0.1) is 0 Å². The molecule has 1 aromatic heterocycles. The summed E-state index contributed by atoms with van der Waals surface area (Å²) in [5, 5.41) is 4.23. The highest BCUT2D eigenvalue weighted by Gasteiger charge is 2.24. The van der Waals surface area contributed by atoms with E-state index in [1.165, 1.54) is 0 Å². The second-order valence-corrected chi connectivity index (χ2v) is 6.86. The Balaban J connectivity index is 2.12. The Morgan fingerprint density at radius 3 is 2.55 bits per heavy atom. The maximum Gasteiger partial charge on any atom is 0.254 e. The molecule has 2 heterocycles. The number of rotatable bonds is 1. The third-order valence-corrected chi connectivity index (χ3v) is 4.12. The average molecular weight is 297 g/mol. The number of amides is 1. The summed E-state index contributed by atoms with van der Waals surface area (Å²) in [5.41, 5.74) is 2.55. The predicted octanol–water partition coefficient (Wildman–Crippen LogP) is 2.58. The predicted molar refractivity (Wildman–Crippen MR) is 89.2 cm³/mol. The fourth-order valence-electron chi connectivity index (χ4n) is 2.77. The summed E-state index contributed by atoms with van der Waals surface area (Å²) >= 11 is 0. The molecule has 4 nitrogen and oxygen atoms in total. The number of carbonyl (C=O) groups excluding carboxylic acids is 1.